The van der Waals surface area contributed by atoms with Crippen molar-refractivity contribution in [3.8, 4) is 17.0 Å². The molecule has 6 heteroatoms. The zero-order valence-corrected chi connectivity index (χ0v) is 12.2. The van der Waals surface area contributed by atoms with Crippen LogP contribution in [0.3, 0.4) is 0 Å². The van der Waals surface area contributed by atoms with Crippen LogP contribution in [0.25, 0.3) is 11.3 Å². The summed E-state index contributed by atoms with van der Waals surface area (Å²) in [6.07, 6.45) is 0. The molecular weight excluding hydrogens is 268 g/mol. The molecule has 21 heavy (non-hydrogen) atoms. The molecule has 110 valence electrons. The Balaban J connectivity index is 2.52. The van der Waals surface area contributed by atoms with Gasteiger partial charge in [0.2, 0.25) is 11.9 Å². The van der Waals surface area contributed by atoms with E-state index in [1.165, 1.54) is 13.0 Å². The monoisotopic (exact) mass is 286 g/mol. The molecule has 0 aliphatic rings. The predicted molar refractivity (Wildman–Crippen MR) is 81.9 cm³/mol. The Bertz CT molecular complexity index is 683. The number of amides is 1. The summed E-state index contributed by atoms with van der Waals surface area (Å²) in [6.45, 7) is 5.42. The maximum Gasteiger partial charge on any atom is 0.221 e. The molecule has 0 bridgehead atoms. The summed E-state index contributed by atoms with van der Waals surface area (Å²) in [6, 6.07) is 6.57. The van der Waals surface area contributed by atoms with Crippen LogP contribution in [0, 0.1) is 0 Å². The van der Waals surface area contributed by atoms with Gasteiger partial charge in [-0.2, -0.15) is 0 Å². The molecule has 1 amide bonds. The van der Waals surface area contributed by atoms with Crippen molar-refractivity contribution in [3.05, 3.63) is 30.0 Å². The van der Waals surface area contributed by atoms with Crippen LogP contribution in [0.2, 0.25) is 0 Å². The van der Waals surface area contributed by atoms with Crippen LogP contribution in [0.5, 0.6) is 5.75 Å². The molecule has 0 aliphatic carbocycles. The van der Waals surface area contributed by atoms with E-state index < -0.39 is 0 Å². The first-order valence-electron chi connectivity index (χ1n) is 6.62. The molecule has 0 spiro atoms. The van der Waals surface area contributed by atoms with Crippen LogP contribution in [0.4, 0.5) is 11.6 Å². The van der Waals surface area contributed by atoms with Crippen LogP contribution in [0.15, 0.2) is 24.3 Å². The number of nitrogens with zero attached hydrogens (tertiary/aromatic N) is 2. The minimum Gasteiger partial charge on any atom is -0.507 e. The average molecular weight is 286 g/mol. The summed E-state index contributed by atoms with van der Waals surface area (Å²) in [4.78, 5) is 19.5. The standard InChI is InChI=1S/C15H18N4O2/c1-8(2)12-7-13(19-15(16)18-12)11-6-10(17-9(3)20)4-5-14(11)21/h4-8,21H,1-3H3,(H,17,20)(H2,16,18,19). The lowest BCUT2D eigenvalue weighted by molar-refractivity contribution is -0.114. The number of rotatable bonds is 3. The molecule has 0 radical (unpaired) electrons. The lowest BCUT2D eigenvalue weighted by Gasteiger charge is -2.11. The van der Waals surface area contributed by atoms with Gasteiger partial charge in [0, 0.05) is 23.9 Å². The Kier molecular flexibility index (Phi) is 4.07. The van der Waals surface area contributed by atoms with Gasteiger partial charge in [-0.1, -0.05) is 13.8 Å². The zero-order chi connectivity index (χ0) is 15.6. The second-order valence-electron chi connectivity index (χ2n) is 5.10. The number of phenolic OH excluding ortho intramolecular Hbond substituents is 1. The van der Waals surface area contributed by atoms with Gasteiger partial charge in [-0.3, -0.25) is 4.79 Å². The highest BCUT2D eigenvalue weighted by molar-refractivity contribution is 5.90. The molecule has 0 aliphatic heterocycles. The van der Waals surface area contributed by atoms with Crippen LogP contribution in [-0.2, 0) is 4.79 Å². The Morgan fingerprint density at radius 1 is 1.29 bits per heavy atom. The molecule has 0 unspecified atom stereocenters. The number of nitrogens with one attached hydrogen (secondary N) is 1. The number of nitrogen functional groups attached to an aromatic ring is 1. The molecule has 0 saturated heterocycles. The summed E-state index contributed by atoms with van der Waals surface area (Å²) in [7, 11) is 0. The molecule has 2 rings (SSSR count). The van der Waals surface area contributed by atoms with E-state index in [-0.39, 0.29) is 23.5 Å². The third kappa shape index (κ3) is 3.47. The lowest BCUT2D eigenvalue weighted by atomic mass is 10.0. The molecule has 0 saturated carbocycles. The summed E-state index contributed by atoms with van der Waals surface area (Å²) >= 11 is 0. The van der Waals surface area contributed by atoms with E-state index in [2.05, 4.69) is 15.3 Å². The lowest BCUT2D eigenvalue weighted by Crippen LogP contribution is -2.06. The van der Waals surface area contributed by atoms with Crippen molar-refractivity contribution < 1.29 is 9.90 Å². The first kappa shape index (κ1) is 14.8. The number of carbonyl (C=O) groups excluding carboxylic acids is 1. The molecule has 1 heterocycles. The zero-order valence-electron chi connectivity index (χ0n) is 12.2. The van der Waals surface area contributed by atoms with Gasteiger partial charge in [-0.05, 0) is 30.2 Å². The largest absolute Gasteiger partial charge is 0.507 e. The number of benzene rings is 1. The number of nitrogens with two attached hydrogens (primary N) is 1. The first-order chi connectivity index (χ1) is 9.86. The van der Waals surface area contributed by atoms with Crippen LogP contribution < -0.4 is 11.1 Å². The summed E-state index contributed by atoms with van der Waals surface area (Å²) < 4.78 is 0. The number of hydrogen-bond donors (Lipinski definition) is 3. The third-order valence-electron chi connectivity index (χ3n) is 2.95. The van der Waals surface area contributed by atoms with Crippen molar-refractivity contribution in [2.24, 2.45) is 0 Å². The molecule has 6 nitrogen and oxygen atoms in total. The maximum absolute atomic E-state index is 11.1. The van der Waals surface area contributed by atoms with Gasteiger partial charge in [-0.25, -0.2) is 9.97 Å². The highest BCUT2D eigenvalue weighted by Gasteiger charge is 2.12. The summed E-state index contributed by atoms with van der Waals surface area (Å²) in [5.74, 6) is 0.226. The van der Waals surface area contributed by atoms with Gasteiger partial charge in [0.05, 0.1) is 5.69 Å². The van der Waals surface area contributed by atoms with Crippen LogP contribution in [-0.4, -0.2) is 21.0 Å². The van der Waals surface area contributed by atoms with Gasteiger partial charge in [0.1, 0.15) is 5.75 Å². The maximum atomic E-state index is 11.1. The van der Waals surface area contributed by atoms with E-state index in [0.29, 0.717) is 16.9 Å². The number of hydrogen-bond acceptors (Lipinski definition) is 5. The highest BCUT2D eigenvalue weighted by atomic mass is 16.3. The Hall–Kier alpha value is -2.63. The SMILES string of the molecule is CC(=O)Nc1ccc(O)c(-c2cc(C(C)C)nc(N)n2)c1. The van der Waals surface area contributed by atoms with E-state index in [1.54, 1.807) is 18.2 Å². The number of aromatic nitrogens is 2. The fourth-order valence-electron chi connectivity index (χ4n) is 1.94. The molecule has 4 N–H and O–H groups in total. The number of carbonyl (C=O) groups is 1. The topological polar surface area (TPSA) is 101 Å². The van der Waals surface area contributed by atoms with E-state index in [1.807, 2.05) is 13.8 Å². The summed E-state index contributed by atoms with van der Waals surface area (Å²) in [5.41, 5.74) is 8.13. The van der Waals surface area contributed by atoms with E-state index in [0.717, 1.165) is 5.69 Å². The van der Waals surface area contributed by atoms with Crippen molar-refractivity contribution in [2.75, 3.05) is 11.1 Å². The molecule has 1 aromatic carbocycles. The first-order valence-corrected chi connectivity index (χ1v) is 6.62. The Morgan fingerprint density at radius 3 is 2.62 bits per heavy atom. The third-order valence-corrected chi connectivity index (χ3v) is 2.95. The van der Waals surface area contributed by atoms with Gasteiger partial charge in [0.15, 0.2) is 0 Å². The van der Waals surface area contributed by atoms with Crippen LogP contribution >= 0.6 is 0 Å². The van der Waals surface area contributed by atoms with Crippen molar-refractivity contribution in [1.82, 2.24) is 9.97 Å². The molecule has 2 aromatic rings. The molecule has 0 atom stereocenters. The van der Waals surface area contributed by atoms with Crippen molar-refractivity contribution in [2.45, 2.75) is 26.7 Å². The Morgan fingerprint density at radius 2 is 2.00 bits per heavy atom. The van der Waals surface area contributed by atoms with Gasteiger partial charge in [-0.15, -0.1) is 0 Å². The smallest absolute Gasteiger partial charge is 0.221 e. The fraction of sp³-hybridized carbons (Fsp3) is 0.267. The van der Waals surface area contributed by atoms with Gasteiger partial charge in [0.25, 0.3) is 0 Å². The second kappa shape index (κ2) is 5.78. The summed E-state index contributed by atoms with van der Waals surface area (Å²) in [5, 5.41) is 12.7. The van der Waals surface area contributed by atoms with E-state index >= 15 is 0 Å². The van der Waals surface area contributed by atoms with Crippen molar-refractivity contribution in [3.63, 3.8) is 0 Å². The second-order valence-corrected chi connectivity index (χ2v) is 5.10. The van der Waals surface area contributed by atoms with Gasteiger partial charge >= 0.3 is 0 Å². The average Bonchev–Trinajstić information content (AvgIpc) is 2.39. The fourth-order valence-corrected chi connectivity index (χ4v) is 1.94. The minimum atomic E-state index is -0.184. The Labute approximate surface area is 123 Å². The number of phenols is 1. The minimum absolute atomic E-state index is 0.0666. The number of aromatic hydroxyl groups is 1. The highest BCUT2D eigenvalue weighted by Crippen LogP contribution is 2.32. The van der Waals surface area contributed by atoms with Crippen molar-refractivity contribution in [1.29, 1.82) is 0 Å². The van der Waals surface area contributed by atoms with Crippen molar-refractivity contribution >= 4 is 17.5 Å². The molecular formula is C15H18N4O2. The van der Waals surface area contributed by atoms with Crippen LogP contribution in [0.1, 0.15) is 32.4 Å². The van der Waals surface area contributed by atoms with E-state index in [9.17, 15) is 9.90 Å². The number of anilines is 2. The molecule has 0 fully saturated rings. The quantitative estimate of drug-likeness (QED) is 0.752. The van der Waals surface area contributed by atoms with Gasteiger partial charge < -0.3 is 16.2 Å². The normalized spacial score (nSPS) is 10.7. The predicted octanol–water partition coefficient (Wildman–Crippen LogP) is 2.51. The van der Waals surface area contributed by atoms with E-state index in [4.69, 9.17) is 5.73 Å². The molecule has 1 aromatic heterocycles.